The van der Waals surface area contributed by atoms with Gasteiger partial charge in [-0.05, 0) is 18.6 Å². The molecule has 3 N–H and O–H groups in total. The number of nitrogens with two attached hydrogens (primary N) is 1. The van der Waals surface area contributed by atoms with Gasteiger partial charge in [0.05, 0.1) is 42.0 Å². The van der Waals surface area contributed by atoms with Gasteiger partial charge < -0.3 is 20.5 Å². The van der Waals surface area contributed by atoms with Crippen molar-refractivity contribution in [1.82, 2.24) is 0 Å². The molecule has 21 heavy (non-hydrogen) atoms. The molecule has 0 saturated carbocycles. The van der Waals surface area contributed by atoms with E-state index in [4.69, 9.17) is 38.4 Å². The number of nitrogen functional groups attached to an aromatic ring is 1. The van der Waals surface area contributed by atoms with Crippen LogP contribution in [0.3, 0.4) is 0 Å². The predicted molar refractivity (Wildman–Crippen MR) is 86.1 cm³/mol. The van der Waals surface area contributed by atoms with E-state index in [0.29, 0.717) is 41.2 Å². The Balaban J connectivity index is 2.28. The Morgan fingerprint density at radius 3 is 2.29 bits per heavy atom. The number of hydrogen-bond donors (Lipinski definition) is 2. The van der Waals surface area contributed by atoms with Crippen LogP contribution in [0.15, 0.2) is 12.1 Å². The third-order valence-electron chi connectivity index (χ3n) is 2.52. The fraction of sp³-hybridized carbons (Fsp3) is 0.500. The molecule has 0 spiro atoms. The zero-order valence-electron chi connectivity index (χ0n) is 12.0. The number of halogens is 2. The second-order valence-electron chi connectivity index (χ2n) is 4.38. The minimum atomic E-state index is -0.224. The summed E-state index contributed by atoms with van der Waals surface area (Å²) < 4.78 is 10.6. The largest absolute Gasteiger partial charge is 0.399 e. The summed E-state index contributed by atoms with van der Waals surface area (Å²) in [7, 11) is 0. The van der Waals surface area contributed by atoms with Crippen molar-refractivity contribution in [2.45, 2.75) is 19.8 Å². The minimum Gasteiger partial charge on any atom is -0.399 e. The number of carbonyl (C=O) groups excluding carboxylic acids is 1. The quantitative estimate of drug-likeness (QED) is 0.536. The van der Waals surface area contributed by atoms with Crippen LogP contribution in [0.5, 0.6) is 0 Å². The fourth-order valence-electron chi connectivity index (χ4n) is 1.55. The van der Waals surface area contributed by atoms with Gasteiger partial charge in [0.1, 0.15) is 0 Å². The Kier molecular flexibility index (Phi) is 8.45. The maximum Gasteiger partial charge on any atom is 0.226 e. The van der Waals surface area contributed by atoms with Crippen LogP contribution in [0.1, 0.15) is 19.8 Å². The summed E-state index contributed by atoms with van der Waals surface area (Å²) in [6, 6.07) is 3.06. The molecule has 0 atom stereocenters. The van der Waals surface area contributed by atoms with Crippen molar-refractivity contribution in [2.24, 2.45) is 0 Å². The van der Waals surface area contributed by atoms with Crippen molar-refractivity contribution in [3.8, 4) is 0 Å². The number of ether oxygens (including phenoxy) is 2. The molecule has 0 radical (unpaired) electrons. The maximum atomic E-state index is 11.8. The van der Waals surface area contributed by atoms with Gasteiger partial charge in [-0.3, -0.25) is 4.79 Å². The molecule has 0 heterocycles. The lowest BCUT2D eigenvalue weighted by molar-refractivity contribution is -0.117. The first-order chi connectivity index (χ1) is 10.0. The average molecular weight is 335 g/mol. The number of rotatable bonds is 9. The van der Waals surface area contributed by atoms with Crippen LogP contribution in [-0.2, 0) is 14.3 Å². The first-order valence-electron chi connectivity index (χ1n) is 6.74. The Morgan fingerprint density at radius 2 is 1.71 bits per heavy atom. The van der Waals surface area contributed by atoms with Gasteiger partial charge in [-0.2, -0.15) is 0 Å². The van der Waals surface area contributed by atoms with Crippen LogP contribution >= 0.6 is 23.2 Å². The number of amides is 1. The molecular formula is C14H20Cl2N2O3. The highest BCUT2D eigenvalue weighted by molar-refractivity contribution is 6.40. The lowest BCUT2D eigenvalue weighted by Gasteiger charge is -2.10. The molecule has 1 rings (SSSR count). The fourth-order valence-corrected chi connectivity index (χ4v) is 2.14. The number of nitrogens with one attached hydrogen (secondary N) is 1. The topological polar surface area (TPSA) is 73.6 Å². The molecule has 118 valence electrons. The van der Waals surface area contributed by atoms with Crippen molar-refractivity contribution in [1.29, 1.82) is 0 Å². The van der Waals surface area contributed by atoms with Crippen molar-refractivity contribution >= 4 is 40.5 Å². The number of hydrogen-bond acceptors (Lipinski definition) is 4. The molecular weight excluding hydrogens is 315 g/mol. The monoisotopic (exact) mass is 334 g/mol. The molecule has 1 aromatic carbocycles. The smallest absolute Gasteiger partial charge is 0.226 e. The van der Waals surface area contributed by atoms with E-state index in [1.165, 1.54) is 12.1 Å². The Labute approximate surface area is 134 Å². The molecule has 5 nitrogen and oxygen atoms in total. The van der Waals surface area contributed by atoms with Gasteiger partial charge >= 0.3 is 0 Å². The summed E-state index contributed by atoms with van der Waals surface area (Å²) in [4.78, 5) is 11.8. The summed E-state index contributed by atoms with van der Waals surface area (Å²) in [6.45, 7) is 4.07. The van der Waals surface area contributed by atoms with Gasteiger partial charge in [0.15, 0.2) is 0 Å². The van der Waals surface area contributed by atoms with Crippen LogP contribution in [0, 0.1) is 0 Å². The first kappa shape index (κ1) is 18.0. The lowest BCUT2D eigenvalue weighted by atomic mass is 10.2. The van der Waals surface area contributed by atoms with Gasteiger partial charge in [-0.1, -0.05) is 30.1 Å². The number of benzene rings is 1. The highest BCUT2D eigenvalue weighted by Crippen LogP contribution is 2.32. The summed E-state index contributed by atoms with van der Waals surface area (Å²) in [6.07, 6.45) is 1.19. The Morgan fingerprint density at radius 1 is 1.14 bits per heavy atom. The molecule has 0 fully saturated rings. The Hall–Kier alpha value is -1.01. The van der Waals surface area contributed by atoms with Crippen LogP contribution in [-0.4, -0.2) is 32.3 Å². The van der Waals surface area contributed by atoms with Gasteiger partial charge in [0.25, 0.3) is 0 Å². The third kappa shape index (κ3) is 7.00. The van der Waals surface area contributed by atoms with Crippen molar-refractivity contribution in [2.75, 3.05) is 37.5 Å². The molecule has 0 aromatic heterocycles. The molecule has 0 aliphatic heterocycles. The summed E-state index contributed by atoms with van der Waals surface area (Å²) in [5, 5.41) is 3.26. The van der Waals surface area contributed by atoms with Gasteiger partial charge in [-0.15, -0.1) is 0 Å². The zero-order valence-corrected chi connectivity index (χ0v) is 13.5. The zero-order chi connectivity index (χ0) is 15.7. The normalized spacial score (nSPS) is 10.6. The highest BCUT2D eigenvalue weighted by Gasteiger charge is 2.10. The van der Waals surface area contributed by atoms with E-state index in [-0.39, 0.29) is 12.3 Å². The second-order valence-corrected chi connectivity index (χ2v) is 5.20. The molecule has 7 heteroatoms. The number of anilines is 2. The minimum absolute atomic E-state index is 0.213. The second kappa shape index (κ2) is 9.84. The average Bonchev–Trinajstić information content (AvgIpc) is 2.42. The third-order valence-corrected chi connectivity index (χ3v) is 3.12. The standard InChI is InChI=1S/C14H20Cl2N2O3/c1-2-4-20-6-7-21-5-3-13(19)18-14-11(15)8-10(17)9-12(14)16/h8-9H,2-7,17H2,1H3,(H,18,19). The van der Waals surface area contributed by atoms with Gasteiger partial charge in [0, 0.05) is 12.3 Å². The van der Waals surface area contributed by atoms with E-state index in [0.717, 1.165) is 13.0 Å². The maximum absolute atomic E-state index is 11.8. The van der Waals surface area contributed by atoms with E-state index in [9.17, 15) is 4.79 Å². The van der Waals surface area contributed by atoms with Crippen LogP contribution in [0.4, 0.5) is 11.4 Å². The number of carbonyl (C=O) groups is 1. The van der Waals surface area contributed by atoms with Gasteiger partial charge in [0.2, 0.25) is 5.91 Å². The van der Waals surface area contributed by atoms with Crippen molar-refractivity contribution in [3.05, 3.63) is 22.2 Å². The van der Waals surface area contributed by atoms with Crippen molar-refractivity contribution in [3.63, 3.8) is 0 Å². The Bertz CT molecular complexity index is 447. The van der Waals surface area contributed by atoms with E-state index in [2.05, 4.69) is 5.32 Å². The SMILES string of the molecule is CCCOCCOCCC(=O)Nc1c(Cl)cc(N)cc1Cl. The molecule has 0 aliphatic rings. The molecule has 0 unspecified atom stereocenters. The molecule has 0 bridgehead atoms. The van der Waals surface area contributed by atoms with E-state index in [1.54, 1.807) is 0 Å². The van der Waals surface area contributed by atoms with Crippen molar-refractivity contribution < 1.29 is 14.3 Å². The van der Waals surface area contributed by atoms with Crippen LogP contribution in [0.25, 0.3) is 0 Å². The lowest BCUT2D eigenvalue weighted by Crippen LogP contribution is -2.16. The van der Waals surface area contributed by atoms with E-state index >= 15 is 0 Å². The van der Waals surface area contributed by atoms with Crippen LogP contribution in [0.2, 0.25) is 10.0 Å². The summed E-state index contributed by atoms with van der Waals surface area (Å²) >= 11 is 12.0. The first-order valence-corrected chi connectivity index (χ1v) is 7.50. The van der Waals surface area contributed by atoms with E-state index < -0.39 is 0 Å². The molecule has 1 aromatic rings. The highest BCUT2D eigenvalue weighted by atomic mass is 35.5. The summed E-state index contributed by atoms with van der Waals surface area (Å²) in [5.41, 5.74) is 6.40. The van der Waals surface area contributed by atoms with Crippen LogP contribution < -0.4 is 11.1 Å². The molecule has 1 amide bonds. The molecule has 0 saturated heterocycles. The van der Waals surface area contributed by atoms with Gasteiger partial charge in [-0.25, -0.2) is 0 Å². The molecule has 0 aliphatic carbocycles. The van der Waals surface area contributed by atoms with E-state index in [1.807, 2.05) is 6.92 Å². The summed E-state index contributed by atoms with van der Waals surface area (Å²) in [5.74, 6) is -0.224. The predicted octanol–water partition coefficient (Wildman–Crippen LogP) is 3.35.